The molecule has 22 heavy (non-hydrogen) atoms. The highest BCUT2D eigenvalue weighted by molar-refractivity contribution is 5.99. The van der Waals surface area contributed by atoms with Crippen molar-refractivity contribution in [2.45, 2.75) is 12.5 Å². The van der Waals surface area contributed by atoms with Gasteiger partial charge in [0.15, 0.2) is 6.10 Å². The Kier molecular flexibility index (Phi) is 4.26. The molecular weight excluding hydrogens is 284 g/mol. The number of fused-ring (bicyclic) bond motifs is 1. The van der Waals surface area contributed by atoms with Gasteiger partial charge in [0.1, 0.15) is 5.75 Å². The number of nitrogens with zero attached hydrogens (tertiary/aromatic N) is 2. The molecular formula is C15H20N4O3. The van der Waals surface area contributed by atoms with Gasteiger partial charge in [-0.1, -0.05) is 12.1 Å². The van der Waals surface area contributed by atoms with E-state index in [1.54, 1.807) is 12.1 Å². The van der Waals surface area contributed by atoms with Gasteiger partial charge in [-0.05, 0) is 19.2 Å². The lowest BCUT2D eigenvalue weighted by Gasteiger charge is -2.33. The molecule has 2 heterocycles. The molecule has 1 aromatic rings. The lowest BCUT2D eigenvalue weighted by Crippen LogP contribution is -2.53. The number of benzene rings is 1. The number of anilines is 1. The molecule has 0 spiro atoms. The van der Waals surface area contributed by atoms with Crippen LogP contribution >= 0.6 is 0 Å². The second-order valence-corrected chi connectivity index (χ2v) is 5.62. The van der Waals surface area contributed by atoms with E-state index in [0.29, 0.717) is 11.4 Å². The molecule has 7 heteroatoms. The van der Waals surface area contributed by atoms with Crippen molar-refractivity contribution in [2.24, 2.45) is 0 Å². The van der Waals surface area contributed by atoms with Crippen LogP contribution < -0.4 is 15.5 Å². The van der Waals surface area contributed by atoms with Gasteiger partial charge in [-0.25, -0.2) is 5.01 Å². The quantitative estimate of drug-likeness (QED) is 0.826. The summed E-state index contributed by atoms with van der Waals surface area (Å²) in [6, 6.07) is 7.20. The van der Waals surface area contributed by atoms with Crippen molar-refractivity contribution in [3.63, 3.8) is 0 Å². The van der Waals surface area contributed by atoms with E-state index in [-0.39, 0.29) is 18.2 Å². The first-order valence-electron chi connectivity index (χ1n) is 7.41. The van der Waals surface area contributed by atoms with E-state index in [0.717, 1.165) is 26.2 Å². The van der Waals surface area contributed by atoms with Crippen LogP contribution in [-0.2, 0) is 9.59 Å². The molecule has 1 aromatic carbocycles. The van der Waals surface area contributed by atoms with Gasteiger partial charge in [0.2, 0.25) is 5.91 Å². The standard InChI is InChI=1S/C15H20N4O3/c1-18-6-8-19(9-7-18)17-14(20)10-13-15(21)16-11-4-2-3-5-12(11)22-13/h2-5,13H,6-10H2,1H3,(H,16,21)(H,17,20)/t13-/m1/s1. The Hall–Kier alpha value is -2.12. The molecule has 7 nitrogen and oxygen atoms in total. The largest absolute Gasteiger partial charge is 0.478 e. The Balaban J connectivity index is 1.54. The van der Waals surface area contributed by atoms with Crippen LogP contribution in [-0.4, -0.2) is 61.1 Å². The van der Waals surface area contributed by atoms with Crippen molar-refractivity contribution in [2.75, 3.05) is 38.5 Å². The maximum absolute atomic E-state index is 12.1. The summed E-state index contributed by atoms with van der Waals surface area (Å²) in [6.07, 6.45) is -0.783. The maximum Gasteiger partial charge on any atom is 0.266 e. The third kappa shape index (κ3) is 3.37. The molecule has 2 N–H and O–H groups in total. The van der Waals surface area contributed by atoms with Crippen LogP contribution in [0.25, 0.3) is 0 Å². The predicted octanol–water partition coefficient (Wildman–Crippen LogP) is 0.0548. The Labute approximate surface area is 129 Å². The van der Waals surface area contributed by atoms with E-state index in [4.69, 9.17) is 4.74 Å². The zero-order chi connectivity index (χ0) is 15.5. The van der Waals surface area contributed by atoms with E-state index in [9.17, 15) is 9.59 Å². The average Bonchev–Trinajstić information content (AvgIpc) is 2.50. The zero-order valence-electron chi connectivity index (χ0n) is 12.5. The summed E-state index contributed by atoms with van der Waals surface area (Å²) in [5.41, 5.74) is 3.48. The number of likely N-dealkylation sites (N-methyl/N-ethyl adjacent to an activating group) is 1. The van der Waals surface area contributed by atoms with Gasteiger partial charge in [0, 0.05) is 26.2 Å². The molecule has 1 saturated heterocycles. The van der Waals surface area contributed by atoms with Crippen LogP contribution in [0.5, 0.6) is 5.75 Å². The Morgan fingerprint density at radius 2 is 2.05 bits per heavy atom. The maximum atomic E-state index is 12.1. The van der Waals surface area contributed by atoms with E-state index >= 15 is 0 Å². The minimum absolute atomic E-state index is 0.00646. The van der Waals surface area contributed by atoms with Gasteiger partial charge in [0.05, 0.1) is 12.1 Å². The van der Waals surface area contributed by atoms with Gasteiger partial charge in [-0.2, -0.15) is 0 Å². The van der Waals surface area contributed by atoms with Crippen molar-refractivity contribution in [3.8, 4) is 5.75 Å². The molecule has 0 saturated carbocycles. The highest BCUT2D eigenvalue weighted by Crippen LogP contribution is 2.29. The smallest absolute Gasteiger partial charge is 0.266 e. The normalized spacial score (nSPS) is 22.4. The first-order valence-corrected chi connectivity index (χ1v) is 7.41. The van der Waals surface area contributed by atoms with Gasteiger partial charge in [-0.15, -0.1) is 0 Å². The molecule has 2 amide bonds. The minimum atomic E-state index is -0.789. The highest BCUT2D eigenvalue weighted by Gasteiger charge is 2.30. The molecule has 1 fully saturated rings. The summed E-state index contributed by atoms with van der Waals surface area (Å²) in [5.74, 6) is 0.107. The minimum Gasteiger partial charge on any atom is -0.478 e. The number of hydrogen-bond donors (Lipinski definition) is 2. The monoisotopic (exact) mass is 304 g/mol. The highest BCUT2D eigenvalue weighted by atomic mass is 16.5. The first-order chi connectivity index (χ1) is 10.6. The molecule has 0 aliphatic carbocycles. The van der Waals surface area contributed by atoms with Crippen molar-refractivity contribution in [1.82, 2.24) is 15.3 Å². The number of carbonyl (C=O) groups is 2. The third-order valence-corrected chi connectivity index (χ3v) is 3.86. The molecule has 0 radical (unpaired) electrons. The number of hydrazine groups is 1. The predicted molar refractivity (Wildman–Crippen MR) is 81.3 cm³/mol. The van der Waals surface area contributed by atoms with E-state index in [1.165, 1.54) is 0 Å². The van der Waals surface area contributed by atoms with E-state index < -0.39 is 6.10 Å². The van der Waals surface area contributed by atoms with Gasteiger partial charge >= 0.3 is 0 Å². The van der Waals surface area contributed by atoms with E-state index in [1.807, 2.05) is 17.1 Å². The third-order valence-electron chi connectivity index (χ3n) is 3.86. The number of hydrogen-bond acceptors (Lipinski definition) is 5. The van der Waals surface area contributed by atoms with Crippen molar-refractivity contribution in [3.05, 3.63) is 24.3 Å². The van der Waals surface area contributed by atoms with Gasteiger partial charge in [-0.3, -0.25) is 15.0 Å². The number of para-hydroxylation sites is 2. The van der Waals surface area contributed by atoms with Gasteiger partial charge in [0.25, 0.3) is 5.91 Å². The van der Waals surface area contributed by atoms with Crippen LogP contribution in [0.15, 0.2) is 24.3 Å². The summed E-state index contributed by atoms with van der Waals surface area (Å²) in [5, 5.41) is 4.65. The SMILES string of the molecule is CN1CCN(NC(=O)C[C@H]2Oc3ccccc3NC2=O)CC1. The first kappa shape index (κ1) is 14.8. The molecule has 2 aliphatic rings. The fraction of sp³-hybridized carbons (Fsp3) is 0.467. The van der Waals surface area contributed by atoms with Gasteiger partial charge < -0.3 is 15.0 Å². The van der Waals surface area contributed by atoms with Crippen LogP contribution in [0.4, 0.5) is 5.69 Å². The Morgan fingerprint density at radius 3 is 2.82 bits per heavy atom. The summed E-state index contributed by atoms with van der Waals surface area (Å²) in [7, 11) is 2.05. The fourth-order valence-electron chi connectivity index (χ4n) is 2.54. The lowest BCUT2D eigenvalue weighted by atomic mass is 10.1. The van der Waals surface area contributed by atoms with Crippen LogP contribution in [0.2, 0.25) is 0 Å². The van der Waals surface area contributed by atoms with Crippen LogP contribution in [0.1, 0.15) is 6.42 Å². The summed E-state index contributed by atoms with van der Waals surface area (Å²) >= 11 is 0. The second-order valence-electron chi connectivity index (χ2n) is 5.62. The molecule has 1 atom stereocenters. The molecule has 0 unspecified atom stereocenters. The topological polar surface area (TPSA) is 73.9 Å². The molecule has 0 bridgehead atoms. The molecule has 118 valence electrons. The summed E-state index contributed by atoms with van der Waals surface area (Å²) < 4.78 is 5.62. The second kappa shape index (κ2) is 6.33. The van der Waals surface area contributed by atoms with Crippen LogP contribution in [0, 0.1) is 0 Å². The zero-order valence-corrected chi connectivity index (χ0v) is 12.5. The Morgan fingerprint density at radius 1 is 1.32 bits per heavy atom. The number of amides is 2. The molecule has 2 aliphatic heterocycles. The lowest BCUT2D eigenvalue weighted by molar-refractivity contribution is -0.133. The summed E-state index contributed by atoms with van der Waals surface area (Å²) in [4.78, 5) is 26.3. The number of rotatable bonds is 3. The fourth-order valence-corrected chi connectivity index (χ4v) is 2.54. The number of nitrogens with one attached hydrogen (secondary N) is 2. The average molecular weight is 304 g/mol. The molecule has 0 aromatic heterocycles. The molecule has 3 rings (SSSR count). The van der Waals surface area contributed by atoms with Crippen LogP contribution in [0.3, 0.4) is 0 Å². The van der Waals surface area contributed by atoms with Crippen molar-refractivity contribution < 1.29 is 14.3 Å². The number of carbonyl (C=O) groups excluding carboxylic acids is 2. The number of ether oxygens (including phenoxy) is 1. The summed E-state index contributed by atoms with van der Waals surface area (Å²) in [6.45, 7) is 3.38. The number of piperazine rings is 1. The Bertz CT molecular complexity index is 570. The van der Waals surface area contributed by atoms with Crippen molar-refractivity contribution >= 4 is 17.5 Å². The van der Waals surface area contributed by atoms with Crippen molar-refractivity contribution in [1.29, 1.82) is 0 Å². The van der Waals surface area contributed by atoms with E-state index in [2.05, 4.69) is 22.7 Å².